The van der Waals surface area contributed by atoms with Gasteiger partial charge in [0.1, 0.15) is 0 Å². The molecule has 40 heavy (non-hydrogen) atoms. The zero-order chi connectivity index (χ0) is 28.8. The van der Waals surface area contributed by atoms with E-state index in [4.69, 9.17) is 0 Å². The molecule has 0 unspecified atom stereocenters. The molecule has 2 aliphatic rings. The Bertz CT molecular complexity index is 1210. The molecule has 0 atom stereocenters. The highest BCUT2D eigenvalue weighted by Crippen LogP contribution is 2.35. The molecule has 0 spiro atoms. The van der Waals surface area contributed by atoms with Crippen LogP contribution in [-0.2, 0) is 19.7 Å². The van der Waals surface area contributed by atoms with Gasteiger partial charge in [0.25, 0.3) is 0 Å². The predicted molar refractivity (Wildman–Crippen MR) is 163 cm³/mol. The molecular weight excluding hydrogens is 540 g/mol. The van der Waals surface area contributed by atoms with Crippen molar-refractivity contribution >= 4 is 19.7 Å². The lowest BCUT2D eigenvalue weighted by molar-refractivity contribution is 0.212. The van der Waals surface area contributed by atoms with Crippen LogP contribution in [0, 0.1) is 0 Å². The zero-order valence-electron chi connectivity index (χ0n) is 24.6. The largest absolute Gasteiger partial charge is 0.303 e. The van der Waals surface area contributed by atoms with Crippen LogP contribution in [0.4, 0.5) is 0 Å². The van der Waals surface area contributed by atoms with Crippen molar-refractivity contribution in [3.8, 4) is 0 Å². The van der Waals surface area contributed by atoms with E-state index in [0.717, 1.165) is 88.9 Å². The fraction of sp³-hybridized carbons (Fsp3) is 0.625. The van der Waals surface area contributed by atoms with Crippen molar-refractivity contribution in [3.63, 3.8) is 0 Å². The Balaban J connectivity index is 1.57. The van der Waals surface area contributed by atoms with Crippen molar-refractivity contribution in [3.05, 3.63) is 59.7 Å². The Kier molecular flexibility index (Phi) is 10.9. The van der Waals surface area contributed by atoms with Crippen LogP contribution in [0.5, 0.6) is 0 Å². The average Bonchev–Trinajstić information content (AvgIpc) is 2.97. The van der Waals surface area contributed by atoms with E-state index < -0.39 is 24.3 Å². The molecule has 4 rings (SSSR count). The fourth-order valence-electron chi connectivity index (χ4n) is 6.52. The molecule has 8 heteroatoms. The third kappa shape index (κ3) is 7.18. The summed E-state index contributed by atoms with van der Waals surface area (Å²) in [7, 11) is -8.21. The predicted octanol–water partition coefficient (Wildman–Crippen LogP) is 6.24. The maximum atomic E-state index is 14.0. The van der Waals surface area contributed by atoms with E-state index in [-0.39, 0.29) is 16.2 Å². The van der Waals surface area contributed by atoms with E-state index in [1.807, 2.05) is 19.1 Å². The molecule has 0 radical (unpaired) electrons. The molecule has 2 heterocycles. The maximum Gasteiger partial charge on any atom is 0.195 e. The lowest BCUT2D eigenvalue weighted by Gasteiger charge is -2.32. The molecule has 2 aliphatic heterocycles. The topological polar surface area (TPSA) is 74.8 Å². The van der Waals surface area contributed by atoms with Crippen molar-refractivity contribution in [1.29, 1.82) is 0 Å². The summed E-state index contributed by atoms with van der Waals surface area (Å²) >= 11 is 0. The van der Waals surface area contributed by atoms with Gasteiger partial charge in [0.2, 0.25) is 0 Å². The van der Waals surface area contributed by atoms with Gasteiger partial charge in [0, 0.05) is 0 Å². The van der Waals surface area contributed by atoms with Crippen LogP contribution in [-0.4, -0.2) is 70.5 Å². The summed E-state index contributed by atoms with van der Waals surface area (Å²) in [5.41, 5.74) is 2.00. The van der Waals surface area contributed by atoms with E-state index in [0.29, 0.717) is 18.3 Å². The Morgan fingerprint density at radius 2 is 1.05 bits per heavy atom. The molecular formula is C32H48N2O4S2. The van der Waals surface area contributed by atoms with Crippen molar-refractivity contribution in [2.45, 2.75) is 98.3 Å². The normalized spacial score (nSPS) is 18.9. The van der Waals surface area contributed by atoms with Gasteiger partial charge in [0.05, 0.1) is 9.79 Å². The number of likely N-dealkylation sites (tertiary alicyclic amines) is 2. The summed E-state index contributed by atoms with van der Waals surface area (Å²) in [4.78, 5) is 5.18. The molecule has 0 saturated carbocycles. The maximum absolute atomic E-state index is 14.0. The summed E-state index contributed by atoms with van der Waals surface area (Å²) in [6.07, 6.45) is 6.77. The van der Waals surface area contributed by atoms with Crippen molar-refractivity contribution in [1.82, 2.24) is 9.80 Å². The second-order valence-corrected chi connectivity index (χ2v) is 16.2. The highest BCUT2D eigenvalue weighted by atomic mass is 32.3. The molecule has 2 fully saturated rings. The summed E-state index contributed by atoms with van der Waals surface area (Å²) in [6, 6.07) is 14.2. The first kappa shape index (κ1) is 31.2. The van der Waals surface area contributed by atoms with E-state index in [2.05, 4.69) is 23.6 Å². The summed E-state index contributed by atoms with van der Waals surface area (Å²) in [5.74, 6) is 0.592. The van der Waals surface area contributed by atoms with Gasteiger partial charge in [-0.1, -0.05) is 51.5 Å². The lowest BCUT2D eigenvalue weighted by Crippen LogP contribution is -2.34. The highest BCUT2D eigenvalue weighted by molar-refractivity contribution is 8.09. The second-order valence-electron chi connectivity index (χ2n) is 11.7. The Labute approximate surface area is 243 Å². The highest BCUT2D eigenvalue weighted by Gasteiger charge is 2.40. The van der Waals surface area contributed by atoms with E-state index in [1.165, 1.54) is 0 Å². The first-order valence-electron chi connectivity index (χ1n) is 15.3. The van der Waals surface area contributed by atoms with Gasteiger partial charge in [-0.15, -0.1) is 0 Å². The number of piperidine rings is 2. The third-order valence-corrected chi connectivity index (χ3v) is 14.0. The van der Waals surface area contributed by atoms with Crippen LogP contribution < -0.4 is 0 Å². The summed E-state index contributed by atoms with van der Waals surface area (Å²) in [6.45, 7) is 12.5. The van der Waals surface area contributed by atoms with Gasteiger partial charge in [-0.3, -0.25) is 0 Å². The number of sulfone groups is 2. The SMILES string of the molecule is CCCC(S(=O)(=O)c1cccc(C2CCN(CCC)CC2)c1)S(=O)(=O)c1cccc(C2CCN(CCC)CC2)c1. The number of hydrogen-bond donors (Lipinski definition) is 0. The van der Waals surface area contributed by atoms with E-state index >= 15 is 0 Å². The van der Waals surface area contributed by atoms with E-state index in [9.17, 15) is 16.8 Å². The second kappa shape index (κ2) is 14.0. The Morgan fingerprint density at radius 1 is 0.650 bits per heavy atom. The average molecular weight is 589 g/mol. The van der Waals surface area contributed by atoms with Crippen LogP contribution in [0.15, 0.2) is 58.3 Å². The fourth-order valence-corrected chi connectivity index (χ4v) is 11.4. The van der Waals surface area contributed by atoms with Crippen LogP contribution >= 0.6 is 0 Å². The quantitative estimate of drug-likeness (QED) is 0.292. The van der Waals surface area contributed by atoms with Crippen molar-refractivity contribution < 1.29 is 16.8 Å². The van der Waals surface area contributed by atoms with Gasteiger partial charge >= 0.3 is 0 Å². The zero-order valence-corrected chi connectivity index (χ0v) is 26.2. The first-order chi connectivity index (χ1) is 19.2. The third-order valence-electron chi connectivity index (χ3n) is 8.79. The molecule has 2 aromatic rings. The number of hydrogen-bond acceptors (Lipinski definition) is 6. The molecule has 0 N–H and O–H groups in total. The number of benzene rings is 2. The Morgan fingerprint density at radius 3 is 1.40 bits per heavy atom. The molecule has 2 aromatic carbocycles. The van der Waals surface area contributed by atoms with Gasteiger partial charge in [-0.2, -0.15) is 0 Å². The number of nitrogens with zero attached hydrogens (tertiary/aromatic N) is 2. The van der Waals surface area contributed by atoms with Gasteiger partial charge in [-0.05, 0) is 131 Å². The molecule has 6 nitrogen and oxygen atoms in total. The molecule has 0 amide bonds. The van der Waals surface area contributed by atoms with Crippen molar-refractivity contribution in [2.24, 2.45) is 0 Å². The van der Waals surface area contributed by atoms with Crippen LogP contribution in [0.25, 0.3) is 0 Å². The summed E-state index contributed by atoms with van der Waals surface area (Å²) < 4.78 is 54.5. The summed E-state index contributed by atoms with van der Waals surface area (Å²) in [5, 5.41) is 0. The number of rotatable bonds is 12. The molecule has 0 aromatic heterocycles. The van der Waals surface area contributed by atoms with Gasteiger partial charge < -0.3 is 9.80 Å². The van der Waals surface area contributed by atoms with Crippen LogP contribution in [0.3, 0.4) is 0 Å². The first-order valence-corrected chi connectivity index (χ1v) is 18.4. The van der Waals surface area contributed by atoms with Crippen LogP contribution in [0.1, 0.15) is 95.1 Å². The monoisotopic (exact) mass is 588 g/mol. The molecule has 0 aliphatic carbocycles. The Hall–Kier alpha value is -1.74. The molecule has 222 valence electrons. The minimum atomic E-state index is -4.11. The standard InChI is InChI=1S/C32H48N2O4S2/c1-4-9-32(39(35,36)30-12-7-10-28(24-30)26-14-20-33(18-5-2)21-15-26)40(37,38)31-13-8-11-29(25-31)27-16-22-34(19-6-3)23-17-27/h7-8,10-13,24-27,32H,4-6,9,14-23H2,1-3H3. The van der Waals surface area contributed by atoms with Gasteiger partial charge in [-0.25, -0.2) is 16.8 Å². The van der Waals surface area contributed by atoms with E-state index in [1.54, 1.807) is 36.4 Å². The van der Waals surface area contributed by atoms with Gasteiger partial charge in [0.15, 0.2) is 24.3 Å². The van der Waals surface area contributed by atoms with Crippen molar-refractivity contribution in [2.75, 3.05) is 39.3 Å². The smallest absolute Gasteiger partial charge is 0.195 e. The molecule has 0 bridgehead atoms. The minimum Gasteiger partial charge on any atom is -0.303 e. The van der Waals surface area contributed by atoms with Crippen LogP contribution in [0.2, 0.25) is 0 Å². The lowest BCUT2D eigenvalue weighted by atomic mass is 9.89. The molecule has 2 saturated heterocycles. The minimum absolute atomic E-state index is 0.0733.